The molecule has 3 aromatic rings. The molecule has 0 spiro atoms. The fraction of sp³-hybridized carbons (Fsp3) is 0.143. The average molecular weight is 478 g/mol. The van der Waals surface area contributed by atoms with E-state index in [4.69, 9.17) is 25.5 Å². The predicted octanol–water partition coefficient (Wildman–Crippen LogP) is 5.53. The van der Waals surface area contributed by atoms with Crippen LogP contribution >= 0.6 is 27.5 Å². The Morgan fingerprint density at radius 2 is 2.10 bits per heavy atom. The summed E-state index contributed by atoms with van der Waals surface area (Å²) < 4.78 is 17.1. The Morgan fingerprint density at radius 3 is 2.83 bits per heavy atom. The van der Waals surface area contributed by atoms with Gasteiger partial charge >= 0.3 is 0 Å². The van der Waals surface area contributed by atoms with Crippen molar-refractivity contribution in [3.05, 3.63) is 69.3 Å². The third kappa shape index (κ3) is 5.19. The molecule has 2 aromatic carbocycles. The second-order valence-electron chi connectivity index (χ2n) is 5.83. The van der Waals surface area contributed by atoms with E-state index in [1.165, 1.54) is 13.3 Å². The SMILES string of the molecule is CCOc1c(Br)cc(C(=O)N/N=C/c2ccc(-c3cccc(Cl)c3)o2)cc1OC. The predicted molar refractivity (Wildman–Crippen MR) is 116 cm³/mol. The Kier molecular flexibility index (Phi) is 6.95. The monoisotopic (exact) mass is 476 g/mol. The molecule has 0 saturated carbocycles. The van der Waals surface area contributed by atoms with Crippen LogP contribution in [0.3, 0.4) is 0 Å². The number of halogens is 2. The lowest BCUT2D eigenvalue weighted by molar-refractivity contribution is 0.0954. The van der Waals surface area contributed by atoms with E-state index in [0.717, 1.165) is 5.56 Å². The normalized spacial score (nSPS) is 10.9. The van der Waals surface area contributed by atoms with Crippen molar-refractivity contribution in [1.82, 2.24) is 5.43 Å². The molecular formula is C21H18BrClN2O4. The minimum absolute atomic E-state index is 0.369. The highest BCUT2D eigenvalue weighted by atomic mass is 79.9. The van der Waals surface area contributed by atoms with Gasteiger partial charge in [-0.2, -0.15) is 5.10 Å². The average Bonchev–Trinajstić information content (AvgIpc) is 3.18. The minimum atomic E-state index is -0.398. The Bertz CT molecular complexity index is 1050. The number of nitrogens with zero attached hydrogens (tertiary/aromatic N) is 1. The van der Waals surface area contributed by atoms with Crippen molar-refractivity contribution in [1.29, 1.82) is 0 Å². The van der Waals surface area contributed by atoms with E-state index in [0.29, 0.717) is 44.7 Å². The number of ether oxygens (including phenoxy) is 2. The number of furan rings is 1. The van der Waals surface area contributed by atoms with E-state index in [2.05, 4.69) is 26.5 Å². The summed E-state index contributed by atoms with van der Waals surface area (Å²) in [6, 6.07) is 14.1. The molecule has 0 atom stereocenters. The van der Waals surface area contributed by atoms with Gasteiger partial charge in [0.05, 0.1) is 24.4 Å². The number of benzene rings is 2. The molecule has 1 N–H and O–H groups in total. The number of carbonyl (C=O) groups excluding carboxylic acids is 1. The molecule has 0 saturated heterocycles. The molecule has 8 heteroatoms. The van der Waals surface area contributed by atoms with Crippen molar-refractivity contribution < 1.29 is 18.7 Å². The fourth-order valence-corrected chi connectivity index (χ4v) is 3.32. The van der Waals surface area contributed by atoms with E-state index < -0.39 is 5.91 Å². The lowest BCUT2D eigenvalue weighted by Crippen LogP contribution is -2.17. The van der Waals surface area contributed by atoms with E-state index in [9.17, 15) is 4.79 Å². The quantitative estimate of drug-likeness (QED) is 0.358. The van der Waals surface area contributed by atoms with Gasteiger partial charge in [-0.15, -0.1) is 0 Å². The maximum atomic E-state index is 12.4. The summed E-state index contributed by atoms with van der Waals surface area (Å²) in [6.45, 7) is 2.35. The number of hydrogen-bond donors (Lipinski definition) is 1. The second kappa shape index (κ2) is 9.62. The van der Waals surface area contributed by atoms with Gasteiger partial charge in [-0.1, -0.05) is 23.7 Å². The Balaban J connectivity index is 1.69. The molecule has 0 aliphatic rings. The number of amides is 1. The van der Waals surface area contributed by atoms with Crippen LogP contribution in [-0.2, 0) is 0 Å². The first kappa shape index (κ1) is 21.0. The van der Waals surface area contributed by atoms with Crippen LogP contribution in [0.25, 0.3) is 11.3 Å². The molecule has 150 valence electrons. The summed E-state index contributed by atoms with van der Waals surface area (Å²) in [6.07, 6.45) is 1.42. The van der Waals surface area contributed by atoms with E-state index in [1.807, 2.05) is 25.1 Å². The second-order valence-corrected chi connectivity index (χ2v) is 7.12. The van der Waals surface area contributed by atoms with Gasteiger partial charge in [0.1, 0.15) is 11.5 Å². The molecule has 1 heterocycles. The highest BCUT2D eigenvalue weighted by Gasteiger charge is 2.15. The van der Waals surface area contributed by atoms with Gasteiger partial charge in [0.15, 0.2) is 11.5 Å². The van der Waals surface area contributed by atoms with Crippen LogP contribution in [0.1, 0.15) is 23.0 Å². The molecule has 0 fully saturated rings. The first-order chi connectivity index (χ1) is 14.0. The van der Waals surface area contributed by atoms with Crippen molar-refractivity contribution in [2.24, 2.45) is 5.10 Å². The molecule has 3 rings (SSSR count). The van der Waals surface area contributed by atoms with Crippen molar-refractivity contribution in [3.8, 4) is 22.8 Å². The number of hydrogen-bond acceptors (Lipinski definition) is 5. The van der Waals surface area contributed by atoms with Gasteiger partial charge in [0.25, 0.3) is 5.91 Å². The van der Waals surface area contributed by atoms with E-state index >= 15 is 0 Å². The Labute approximate surface area is 181 Å². The largest absolute Gasteiger partial charge is 0.493 e. The molecule has 0 bridgehead atoms. The van der Waals surface area contributed by atoms with Crippen molar-refractivity contribution >= 4 is 39.7 Å². The van der Waals surface area contributed by atoms with Crippen LogP contribution in [0.15, 0.2) is 62.5 Å². The lowest BCUT2D eigenvalue weighted by atomic mass is 10.2. The first-order valence-corrected chi connectivity index (χ1v) is 9.88. The van der Waals surface area contributed by atoms with Crippen LogP contribution in [0.4, 0.5) is 0 Å². The van der Waals surface area contributed by atoms with Crippen LogP contribution in [-0.4, -0.2) is 25.8 Å². The topological polar surface area (TPSA) is 73.1 Å². The molecule has 6 nitrogen and oxygen atoms in total. The molecule has 1 aromatic heterocycles. The highest BCUT2D eigenvalue weighted by molar-refractivity contribution is 9.10. The first-order valence-electron chi connectivity index (χ1n) is 8.71. The highest BCUT2D eigenvalue weighted by Crippen LogP contribution is 2.36. The number of rotatable bonds is 7. The summed E-state index contributed by atoms with van der Waals surface area (Å²) in [5, 5.41) is 4.58. The molecule has 29 heavy (non-hydrogen) atoms. The van der Waals surface area contributed by atoms with Crippen molar-refractivity contribution in [2.75, 3.05) is 13.7 Å². The molecule has 0 radical (unpaired) electrons. The van der Waals surface area contributed by atoms with Gasteiger partial charge in [-0.25, -0.2) is 5.43 Å². The van der Waals surface area contributed by atoms with E-state index in [-0.39, 0.29) is 0 Å². The summed E-state index contributed by atoms with van der Waals surface area (Å²) >= 11 is 9.40. The summed E-state index contributed by atoms with van der Waals surface area (Å²) in [4.78, 5) is 12.4. The van der Waals surface area contributed by atoms with Crippen LogP contribution in [0, 0.1) is 0 Å². The minimum Gasteiger partial charge on any atom is -0.493 e. The van der Waals surface area contributed by atoms with Crippen LogP contribution in [0.2, 0.25) is 5.02 Å². The van der Waals surface area contributed by atoms with Gasteiger partial charge in [0.2, 0.25) is 0 Å². The van der Waals surface area contributed by atoms with Crippen LogP contribution in [0.5, 0.6) is 11.5 Å². The molecule has 0 unspecified atom stereocenters. The fourth-order valence-electron chi connectivity index (χ4n) is 2.57. The smallest absolute Gasteiger partial charge is 0.271 e. The number of methoxy groups -OCH3 is 1. The van der Waals surface area contributed by atoms with E-state index in [1.54, 1.807) is 30.3 Å². The van der Waals surface area contributed by atoms with Gasteiger partial charge in [-0.05, 0) is 59.3 Å². The van der Waals surface area contributed by atoms with Crippen molar-refractivity contribution in [2.45, 2.75) is 6.92 Å². The summed E-state index contributed by atoms with van der Waals surface area (Å²) in [5.74, 6) is 1.74. The summed E-state index contributed by atoms with van der Waals surface area (Å²) in [7, 11) is 1.51. The van der Waals surface area contributed by atoms with Crippen LogP contribution < -0.4 is 14.9 Å². The molecule has 1 amide bonds. The zero-order valence-corrected chi connectivity index (χ0v) is 18.1. The zero-order chi connectivity index (χ0) is 20.8. The van der Waals surface area contributed by atoms with Gasteiger partial charge in [-0.3, -0.25) is 4.79 Å². The summed E-state index contributed by atoms with van der Waals surface area (Å²) in [5.41, 5.74) is 3.69. The number of carbonyl (C=O) groups is 1. The third-order valence-corrected chi connectivity index (χ3v) is 4.70. The molecule has 0 aliphatic carbocycles. The molecule has 0 aliphatic heterocycles. The Hall–Kier alpha value is -2.77. The maximum Gasteiger partial charge on any atom is 0.271 e. The van der Waals surface area contributed by atoms with Gasteiger partial charge < -0.3 is 13.9 Å². The number of hydrazone groups is 1. The Morgan fingerprint density at radius 1 is 1.28 bits per heavy atom. The maximum absolute atomic E-state index is 12.4. The third-order valence-electron chi connectivity index (χ3n) is 3.87. The zero-order valence-electron chi connectivity index (χ0n) is 15.7. The standard InChI is InChI=1S/C21H18BrClN2O4/c1-3-28-20-17(22)10-14(11-19(20)27-2)21(26)25-24-12-16-7-8-18(29-16)13-5-4-6-15(23)9-13/h4-12H,3H2,1-2H3,(H,25,26)/b24-12+. The molecular weight excluding hydrogens is 460 g/mol. The van der Waals surface area contributed by atoms with Crippen molar-refractivity contribution in [3.63, 3.8) is 0 Å². The number of nitrogens with one attached hydrogen (secondary N) is 1. The van der Waals surface area contributed by atoms with Gasteiger partial charge in [0, 0.05) is 16.1 Å². The lowest BCUT2D eigenvalue weighted by Gasteiger charge is -2.12.